The van der Waals surface area contributed by atoms with Gasteiger partial charge in [0, 0.05) is 30.2 Å². The van der Waals surface area contributed by atoms with Gasteiger partial charge in [-0.25, -0.2) is 4.98 Å². The van der Waals surface area contributed by atoms with E-state index in [1.807, 2.05) is 0 Å². The molecule has 1 aromatic heterocycles. The molecule has 0 spiro atoms. The number of hydrogen-bond acceptors (Lipinski definition) is 4. The number of benzene rings is 1. The maximum Gasteiger partial charge on any atom is 0.418 e. The number of nitrogens with one attached hydrogen (secondary N) is 1. The lowest BCUT2D eigenvalue weighted by atomic mass is 10.1. The smallest absolute Gasteiger partial charge is 0.418 e. The lowest BCUT2D eigenvalue weighted by Gasteiger charge is -2.15. The summed E-state index contributed by atoms with van der Waals surface area (Å²) in [5, 5.41) is 2.74. The summed E-state index contributed by atoms with van der Waals surface area (Å²) in [6, 6.07) is 7.02. The van der Waals surface area contributed by atoms with E-state index < -0.39 is 11.7 Å². The second-order valence-corrected chi connectivity index (χ2v) is 4.37. The number of anilines is 2. The number of rotatable bonds is 4. The number of methoxy groups -OCH3 is 1. The zero-order chi connectivity index (χ0) is 15.5. The number of nitrogens with zero attached hydrogens (tertiary/aromatic N) is 1. The zero-order valence-corrected chi connectivity index (χ0v) is 11.2. The monoisotopic (exact) mass is 297 g/mol. The maximum atomic E-state index is 12.9. The van der Waals surface area contributed by atoms with Gasteiger partial charge in [-0.05, 0) is 23.8 Å². The molecule has 112 valence electrons. The minimum atomic E-state index is -4.46. The van der Waals surface area contributed by atoms with Crippen molar-refractivity contribution in [2.45, 2.75) is 12.7 Å². The summed E-state index contributed by atoms with van der Waals surface area (Å²) in [4.78, 5) is 3.99. The van der Waals surface area contributed by atoms with E-state index in [0.717, 1.165) is 11.6 Å². The number of nitrogens with two attached hydrogens (primary N) is 1. The van der Waals surface area contributed by atoms with Crippen LogP contribution in [0.4, 0.5) is 24.5 Å². The minimum Gasteiger partial charge on any atom is -0.481 e. The minimum absolute atomic E-state index is 0.0208. The Hall–Kier alpha value is -2.44. The van der Waals surface area contributed by atoms with E-state index in [9.17, 15) is 13.2 Å². The van der Waals surface area contributed by atoms with Gasteiger partial charge < -0.3 is 15.8 Å². The third kappa shape index (κ3) is 3.77. The van der Waals surface area contributed by atoms with Crippen LogP contribution in [0.25, 0.3) is 0 Å². The van der Waals surface area contributed by atoms with Crippen LogP contribution in [-0.2, 0) is 12.7 Å². The number of nitrogen functional groups attached to an aromatic ring is 1. The van der Waals surface area contributed by atoms with E-state index in [2.05, 4.69) is 10.3 Å². The van der Waals surface area contributed by atoms with Crippen LogP contribution in [-0.4, -0.2) is 12.1 Å². The largest absolute Gasteiger partial charge is 0.481 e. The fourth-order valence-electron chi connectivity index (χ4n) is 1.78. The van der Waals surface area contributed by atoms with Gasteiger partial charge in [-0.15, -0.1) is 0 Å². The summed E-state index contributed by atoms with van der Waals surface area (Å²) >= 11 is 0. The van der Waals surface area contributed by atoms with Crippen LogP contribution in [0.3, 0.4) is 0 Å². The van der Waals surface area contributed by atoms with Crippen molar-refractivity contribution in [3.8, 4) is 5.88 Å². The molecule has 2 aromatic rings. The topological polar surface area (TPSA) is 60.2 Å². The highest BCUT2D eigenvalue weighted by atomic mass is 19.4. The first kappa shape index (κ1) is 15.0. The molecule has 0 radical (unpaired) electrons. The summed E-state index contributed by atoms with van der Waals surface area (Å²) in [5.41, 5.74) is 5.41. The zero-order valence-electron chi connectivity index (χ0n) is 11.2. The lowest BCUT2D eigenvalue weighted by Crippen LogP contribution is -2.11. The molecule has 1 aromatic carbocycles. The summed E-state index contributed by atoms with van der Waals surface area (Å²) in [6.07, 6.45) is -2.92. The van der Waals surface area contributed by atoms with Gasteiger partial charge in [0.05, 0.1) is 12.7 Å². The summed E-state index contributed by atoms with van der Waals surface area (Å²) in [5.74, 6) is 0.446. The summed E-state index contributed by atoms with van der Waals surface area (Å²) in [6.45, 7) is 0.212. The van der Waals surface area contributed by atoms with Crippen LogP contribution in [0, 0.1) is 0 Å². The second-order valence-electron chi connectivity index (χ2n) is 4.37. The first-order valence-corrected chi connectivity index (χ1v) is 6.09. The Morgan fingerprint density at radius 1 is 1.24 bits per heavy atom. The number of pyridine rings is 1. The molecule has 0 aliphatic carbocycles. The Labute approximate surface area is 119 Å². The highest BCUT2D eigenvalue weighted by Crippen LogP contribution is 2.36. The third-order valence-corrected chi connectivity index (χ3v) is 2.84. The second kappa shape index (κ2) is 5.90. The Morgan fingerprint density at radius 2 is 2.00 bits per heavy atom. The van der Waals surface area contributed by atoms with E-state index in [1.54, 1.807) is 12.1 Å². The molecule has 0 aliphatic heterocycles. The van der Waals surface area contributed by atoms with Crippen molar-refractivity contribution >= 4 is 11.4 Å². The molecular formula is C14H14F3N3O. The predicted molar refractivity (Wildman–Crippen MR) is 74.0 cm³/mol. The van der Waals surface area contributed by atoms with Gasteiger partial charge in [0.1, 0.15) is 0 Å². The molecule has 21 heavy (non-hydrogen) atoms. The molecule has 0 amide bonds. The van der Waals surface area contributed by atoms with Gasteiger partial charge in [-0.1, -0.05) is 6.07 Å². The summed E-state index contributed by atoms with van der Waals surface area (Å²) in [7, 11) is 1.49. The van der Waals surface area contributed by atoms with Gasteiger partial charge in [0.2, 0.25) is 5.88 Å². The van der Waals surface area contributed by atoms with Crippen molar-refractivity contribution in [1.82, 2.24) is 4.98 Å². The van der Waals surface area contributed by atoms with Gasteiger partial charge in [-0.2, -0.15) is 13.2 Å². The Morgan fingerprint density at radius 3 is 2.57 bits per heavy atom. The van der Waals surface area contributed by atoms with Gasteiger partial charge in [0.25, 0.3) is 0 Å². The number of aromatic nitrogens is 1. The van der Waals surface area contributed by atoms with Gasteiger partial charge >= 0.3 is 6.18 Å². The first-order chi connectivity index (χ1) is 9.90. The highest BCUT2D eigenvalue weighted by molar-refractivity contribution is 5.59. The van der Waals surface area contributed by atoms with Crippen molar-refractivity contribution in [2.75, 3.05) is 18.2 Å². The van der Waals surface area contributed by atoms with Crippen molar-refractivity contribution in [3.63, 3.8) is 0 Å². The van der Waals surface area contributed by atoms with Crippen molar-refractivity contribution < 1.29 is 17.9 Å². The number of ether oxygens (including phenoxy) is 1. The van der Waals surface area contributed by atoms with Crippen molar-refractivity contribution in [2.24, 2.45) is 0 Å². The lowest BCUT2D eigenvalue weighted by molar-refractivity contribution is -0.136. The van der Waals surface area contributed by atoms with E-state index in [0.29, 0.717) is 5.88 Å². The SMILES string of the molecule is COc1ccc(CNc2ccc(N)cc2C(F)(F)F)cn1. The highest BCUT2D eigenvalue weighted by Gasteiger charge is 2.33. The van der Waals surface area contributed by atoms with Crippen LogP contribution in [0.1, 0.15) is 11.1 Å². The average molecular weight is 297 g/mol. The van der Waals surface area contributed by atoms with Gasteiger partial charge in [-0.3, -0.25) is 0 Å². The molecule has 7 heteroatoms. The van der Waals surface area contributed by atoms with E-state index in [1.165, 1.54) is 25.4 Å². The molecule has 1 heterocycles. The van der Waals surface area contributed by atoms with Crippen LogP contribution >= 0.6 is 0 Å². The van der Waals surface area contributed by atoms with Crippen LogP contribution in [0.2, 0.25) is 0 Å². The van der Waals surface area contributed by atoms with E-state index in [-0.39, 0.29) is 17.9 Å². The van der Waals surface area contributed by atoms with Crippen molar-refractivity contribution in [1.29, 1.82) is 0 Å². The van der Waals surface area contributed by atoms with E-state index in [4.69, 9.17) is 10.5 Å². The molecule has 0 atom stereocenters. The Bertz CT molecular complexity index is 612. The number of halogens is 3. The average Bonchev–Trinajstić information content (AvgIpc) is 2.45. The Balaban J connectivity index is 2.15. The van der Waals surface area contributed by atoms with Crippen LogP contribution < -0.4 is 15.8 Å². The van der Waals surface area contributed by atoms with E-state index >= 15 is 0 Å². The Kier molecular flexibility index (Phi) is 4.21. The molecule has 2 rings (SSSR count). The molecule has 0 aliphatic rings. The van der Waals surface area contributed by atoms with Crippen LogP contribution in [0.5, 0.6) is 5.88 Å². The maximum absolute atomic E-state index is 12.9. The third-order valence-electron chi connectivity index (χ3n) is 2.84. The standard InChI is InChI=1S/C14H14F3N3O/c1-21-13-5-2-9(8-20-13)7-19-12-4-3-10(18)6-11(12)14(15,16)17/h2-6,8,19H,7,18H2,1H3. The molecule has 0 saturated heterocycles. The molecule has 0 bridgehead atoms. The quantitative estimate of drug-likeness (QED) is 0.850. The summed E-state index contributed by atoms with van der Waals surface area (Å²) < 4.78 is 43.7. The van der Waals surface area contributed by atoms with Crippen LogP contribution in [0.15, 0.2) is 36.5 Å². The normalized spacial score (nSPS) is 11.2. The molecule has 0 fully saturated rings. The molecule has 3 N–H and O–H groups in total. The fraction of sp³-hybridized carbons (Fsp3) is 0.214. The van der Waals surface area contributed by atoms with Crippen molar-refractivity contribution in [3.05, 3.63) is 47.7 Å². The molecule has 4 nitrogen and oxygen atoms in total. The fourth-order valence-corrected chi connectivity index (χ4v) is 1.78. The first-order valence-electron chi connectivity index (χ1n) is 6.09. The number of alkyl halides is 3. The predicted octanol–water partition coefficient (Wildman–Crippen LogP) is 3.30. The molecular weight excluding hydrogens is 283 g/mol. The number of hydrogen-bond donors (Lipinski definition) is 2. The molecule has 0 unspecified atom stereocenters. The van der Waals surface area contributed by atoms with Gasteiger partial charge in [0.15, 0.2) is 0 Å². The molecule has 0 saturated carbocycles.